The predicted octanol–water partition coefficient (Wildman–Crippen LogP) is 4.01. The summed E-state index contributed by atoms with van der Waals surface area (Å²) in [6, 6.07) is 6.50. The Kier molecular flexibility index (Phi) is 4.44. The first-order valence-electron chi connectivity index (χ1n) is 8.97. The number of benzene rings is 1. The number of aromatic hydroxyl groups is 1. The molecule has 3 atom stereocenters. The molecule has 4 rings (SSSR count). The Balaban J connectivity index is 1.85. The molecule has 26 heavy (non-hydrogen) atoms. The van der Waals surface area contributed by atoms with Gasteiger partial charge in [-0.3, -0.25) is 4.90 Å². The van der Waals surface area contributed by atoms with Gasteiger partial charge in [0, 0.05) is 18.7 Å². The molecule has 1 fully saturated rings. The maximum atomic E-state index is 14.7. The molecule has 0 radical (unpaired) electrons. The van der Waals surface area contributed by atoms with Crippen LogP contribution in [0, 0.1) is 24.6 Å². The van der Waals surface area contributed by atoms with Gasteiger partial charge < -0.3 is 5.11 Å². The predicted molar refractivity (Wildman–Crippen MR) is 100 cm³/mol. The second kappa shape index (κ2) is 6.63. The van der Waals surface area contributed by atoms with Crippen LogP contribution in [0.2, 0.25) is 0 Å². The number of aryl methyl sites for hydroxylation is 1. The van der Waals surface area contributed by atoms with Gasteiger partial charge in [-0.05, 0) is 31.2 Å². The number of rotatable bonds is 3. The zero-order chi connectivity index (χ0) is 18.4. The third-order valence-electron chi connectivity index (χ3n) is 5.02. The molecule has 1 aromatic carbocycles. The van der Waals surface area contributed by atoms with E-state index in [0.29, 0.717) is 33.1 Å². The van der Waals surface area contributed by atoms with E-state index in [-0.39, 0.29) is 17.7 Å². The SMILES string of the molecule is Cc1nc2sc([C@H](c3ccccc3F)N3C[C@@H](C)C[C@H](C)C3)c(O)n2n1. The van der Waals surface area contributed by atoms with Gasteiger partial charge in [0.1, 0.15) is 11.6 Å². The number of hydrogen-bond donors (Lipinski definition) is 1. The molecule has 0 bridgehead atoms. The van der Waals surface area contributed by atoms with Crippen molar-refractivity contribution in [2.75, 3.05) is 13.1 Å². The Hall–Kier alpha value is -1.99. The number of thiazole rings is 1. The van der Waals surface area contributed by atoms with E-state index in [1.54, 1.807) is 13.0 Å². The molecular formula is C19H23FN4OS. The lowest BCUT2D eigenvalue weighted by molar-refractivity contribution is 0.110. The fraction of sp³-hybridized carbons (Fsp3) is 0.474. The molecule has 5 nitrogen and oxygen atoms in total. The van der Waals surface area contributed by atoms with Crippen molar-refractivity contribution in [1.82, 2.24) is 19.5 Å². The van der Waals surface area contributed by atoms with Gasteiger partial charge in [-0.15, -0.1) is 5.10 Å². The van der Waals surface area contributed by atoms with Gasteiger partial charge in [0.25, 0.3) is 0 Å². The highest BCUT2D eigenvalue weighted by Crippen LogP contribution is 2.42. The second-order valence-corrected chi connectivity index (χ2v) is 8.48. The van der Waals surface area contributed by atoms with Crippen molar-refractivity contribution in [2.24, 2.45) is 11.8 Å². The van der Waals surface area contributed by atoms with E-state index in [1.807, 2.05) is 12.1 Å². The van der Waals surface area contributed by atoms with E-state index < -0.39 is 0 Å². The lowest BCUT2D eigenvalue weighted by Gasteiger charge is -2.40. The number of likely N-dealkylation sites (tertiary alicyclic amines) is 1. The third-order valence-corrected chi connectivity index (χ3v) is 6.09. The lowest BCUT2D eigenvalue weighted by atomic mass is 9.89. The maximum absolute atomic E-state index is 14.7. The summed E-state index contributed by atoms with van der Waals surface area (Å²) in [6.45, 7) is 7.99. The van der Waals surface area contributed by atoms with Crippen molar-refractivity contribution in [3.63, 3.8) is 0 Å². The van der Waals surface area contributed by atoms with Crippen molar-refractivity contribution in [3.8, 4) is 5.88 Å². The Morgan fingerprint density at radius 1 is 1.23 bits per heavy atom. The van der Waals surface area contributed by atoms with E-state index in [1.165, 1.54) is 28.3 Å². The van der Waals surface area contributed by atoms with Crippen LogP contribution in [0.4, 0.5) is 4.39 Å². The zero-order valence-electron chi connectivity index (χ0n) is 15.2. The van der Waals surface area contributed by atoms with Crippen LogP contribution in [0.15, 0.2) is 24.3 Å². The summed E-state index contributed by atoms with van der Waals surface area (Å²) in [7, 11) is 0. The molecule has 0 unspecified atom stereocenters. The van der Waals surface area contributed by atoms with Crippen molar-refractivity contribution >= 4 is 16.3 Å². The summed E-state index contributed by atoms with van der Waals surface area (Å²) >= 11 is 1.38. The fourth-order valence-corrected chi connectivity index (χ4v) is 5.30. The maximum Gasteiger partial charge on any atom is 0.230 e. The summed E-state index contributed by atoms with van der Waals surface area (Å²) in [5, 5.41) is 15.1. The van der Waals surface area contributed by atoms with Gasteiger partial charge in [0.05, 0.1) is 10.9 Å². The Morgan fingerprint density at radius 3 is 2.58 bits per heavy atom. The van der Waals surface area contributed by atoms with Gasteiger partial charge >= 0.3 is 0 Å². The van der Waals surface area contributed by atoms with E-state index >= 15 is 0 Å². The van der Waals surface area contributed by atoms with Crippen molar-refractivity contribution in [3.05, 3.63) is 46.3 Å². The molecule has 0 saturated carbocycles. The van der Waals surface area contributed by atoms with Crippen molar-refractivity contribution in [2.45, 2.75) is 33.2 Å². The van der Waals surface area contributed by atoms with Crippen LogP contribution >= 0.6 is 11.3 Å². The van der Waals surface area contributed by atoms with Crippen LogP contribution < -0.4 is 0 Å². The summed E-state index contributed by atoms with van der Waals surface area (Å²) < 4.78 is 16.2. The molecular weight excluding hydrogens is 351 g/mol. The highest BCUT2D eigenvalue weighted by Gasteiger charge is 2.34. The van der Waals surface area contributed by atoms with Gasteiger partial charge in [-0.2, -0.15) is 4.52 Å². The van der Waals surface area contributed by atoms with Crippen LogP contribution in [0.25, 0.3) is 4.96 Å². The van der Waals surface area contributed by atoms with Crippen LogP contribution in [0.5, 0.6) is 5.88 Å². The minimum Gasteiger partial charge on any atom is -0.492 e. The standard InChI is InChI=1S/C19H23FN4OS/c1-11-8-12(2)10-23(9-11)16(14-6-4-5-7-15(14)20)17-18(25)24-19(26-17)21-13(3)22-24/h4-7,11-12,16,25H,8-10H2,1-3H3/t11-,12-,16-/m0/s1. The van der Waals surface area contributed by atoms with Gasteiger partial charge in [-0.25, -0.2) is 9.37 Å². The first-order chi connectivity index (χ1) is 12.4. The third kappa shape index (κ3) is 2.99. The van der Waals surface area contributed by atoms with Gasteiger partial charge in [0.15, 0.2) is 0 Å². The number of hydrogen-bond acceptors (Lipinski definition) is 5. The van der Waals surface area contributed by atoms with E-state index in [0.717, 1.165) is 13.1 Å². The van der Waals surface area contributed by atoms with Crippen LogP contribution in [-0.4, -0.2) is 37.7 Å². The van der Waals surface area contributed by atoms with Gasteiger partial charge in [-0.1, -0.05) is 43.4 Å². The zero-order valence-corrected chi connectivity index (χ0v) is 16.0. The molecule has 3 aromatic rings. The Bertz CT molecular complexity index is 927. The van der Waals surface area contributed by atoms with Crippen LogP contribution in [-0.2, 0) is 0 Å². The van der Waals surface area contributed by atoms with Crippen LogP contribution in [0.1, 0.15) is 42.6 Å². The molecule has 0 spiro atoms. The van der Waals surface area contributed by atoms with Crippen molar-refractivity contribution < 1.29 is 9.50 Å². The molecule has 1 aliphatic rings. The van der Waals surface area contributed by atoms with Gasteiger partial charge in [0.2, 0.25) is 10.8 Å². The van der Waals surface area contributed by atoms with E-state index in [4.69, 9.17) is 0 Å². The second-order valence-electron chi connectivity index (χ2n) is 7.47. The number of nitrogens with zero attached hydrogens (tertiary/aromatic N) is 4. The summed E-state index contributed by atoms with van der Waals surface area (Å²) in [5.74, 6) is 1.47. The lowest BCUT2D eigenvalue weighted by Crippen LogP contribution is -2.41. The minimum atomic E-state index is -0.338. The molecule has 3 heterocycles. The van der Waals surface area contributed by atoms with Crippen LogP contribution in [0.3, 0.4) is 0 Å². The average molecular weight is 374 g/mol. The highest BCUT2D eigenvalue weighted by atomic mass is 32.1. The van der Waals surface area contributed by atoms with E-state index in [9.17, 15) is 9.50 Å². The Morgan fingerprint density at radius 2 is 1.92 bits per heavy atom. The largest absolute Gasteiger partial charge is 0.492 e. The molecule has 0 aliphatic carbocycles. The number of piperidine rings is 1. The molecule has 7 heteroatoms. The number of halogens is 1. The molecule has 138 valence electrons. The molecule has 1 saturated heterocycles. The smallest absolute Gasteiger partial charge is 0.230 e. The van der Waals surface area contributed by atoms with Crippen molar-refractivity contribution in [1.29, 1.82) is 0 Å². The summed E-state index contributed by atoms with van der Waals surface area (Å²) in [6.07, 6.45) is 1.17. The van der Waals surface area contributed by atoms with E-state index in [2.05, 4.69) is 28.8 Å². The quantitative estimate of drug-likeness (QED) is 0.753. The molecule has 1 N–H and O–H groups in total. The minimum absolute atomic E-state index is 0.0599. The number of aromatic nitrogens is 3. The Labute approximate surface area is 156 Å². The first-order valence-corrected chi connectivity index (χ1v) is 9.79. The fourth-order valence-electron chi connectivity index (χ4n) is 4.15. The normalized spacial score (nSPS) is 22.8. The average Bonchev–Trinajstić information content (AvgIpc) is 3.07. The summed E-state index contributed by atoms with van der Waals surface area (Å²) in [4.78, 5) is 7.99. The molecule has 2 aromatic heterocycles. The molecule has 0 amide bonds. The highest BCUT2D eigenvalue weighted by molar-refractivity contribution is 7.17. The topological polar surface area (TPSA) is 53.7 Å². The summed E-state index contributed by atoms with van der Waals surface area (Å²) in [5.41, 5.74) is 0.588. The molecule has 1 aliphatic heterocycles. The monoisotopic (exact) mass is 374 g/mol. The first kappa shape index (κ1) is 17.4. The number of fused-ring (bicyclic) bond motifs is 1.